The molecule has 0 aliphatic rings. The first-order valence-electron chi connectivity index (χ1n) is 6.06. The van der Waals surface area contributed by atoms with Gasteiger partial charge < -0.3 is 10.1 Å². The summed E-state index contributed by atoms with van der Waals surface area (Å²) in [5.74, 6) is -0.610. The van der Waals surface area contributed by atoms with Gasteiger partial charge in [-0.3, -0.25) is 0 Å². The maximum Gasteiger partial charge on any atom is 0.387 e. The number of anilines is 1. The van der Waals surface area contributed by atoms with Gasteiger partial charge in [0.15, 0.2) is 0 Å². The highest BCUT2D eigenvalue weighted by Gasteiger charge is 2.08. The van der Waals surface area contributed by atoms with E-state index >= 15 is 0 Å². The number of rotatable bonds is 5. The second-order valence-corrected chi connectivity index (χ2v) is 4.17. The largest absolute Gasteiger partial charge is 0.435 e. The smallest absolute Gasteiger partial charge is 0.387 e. The number of nitrogens with zero attached hydrogens (tertiary/aromatic N) is 1. The van der Waals surface area contributed by atoms with Gasteiger partial charge in [0, 0.05) is 17.8 Å². The molecule has 0 aliphatic heterocycles. The first kappa shape index (κ1) is 14.7. The summed E-state index contributed by atoms with van der Waals surface area (Å²) in [5.41, 5.74) is 1.41. The quantitative estimate of drug-likeness (QED) is 0.908. The summed E-state index contributed by atoms with van der Waals surface area (Å²) in [6.45, 7) is -2.84. The molecule has 0 radical (unpaired) electrons. The maximum atomic E-state index is 13.6. The Bertz CT molecular complexity index is 651. The molecule has 21 heavy (non-hydrogen) atoms. The van der Waals surface area contributed by atoms with Crippen molar-refractivity contribution in [1.29, 1.82) is 5.26 Å². The van der Waals surface area contributed by atoms with Crippen LogP contribution in [-0.2, 0) is 6.54 Å². The molecule has 0 heterocycles. The highest BCUT2D eigenvalue weighted by molar-refractivity contribution is 5.47. The SMILES string of the molecule is N#Cc1ccc(NCc2cc(OC(F)F)ccc2F)cc1. The number of hydrogen-bond donors (Lipinski definition) is 1. The Kier molecular flexibility index (Phi) is 4.67. The van der Waals surface area contributed by atoms with Crippen LogP contribution in [0.2, 0.25) is 0 Å². The van der Waals surface area contributed by atoms with Crippen LogP contribution in [0.4, 0.5) is 18.9 Å². The minimum atomic E-state index is -2.95. The molecular formula is C15H11F3N2O. The molecule has 0 unspecified atom stereocenters. The third-order valence-corrected chi connectivity index (χ3v) is 2.74. The minimum Gasteiger partial charge on any atom is -0.435 e. The fourth-order valence-corrected chi connectivity index (χ4v) is 1.72. The van der Waals surface area contributed by atoms with E-state index in [0.717, 1.165) is 12.1 Å². The van der Waals surface area contributed by atoms with E-state index in [2.05, 4.69) is 10.1 Å². The topological polar surface area (TPSA) is 45.0 Å². The second-order valence-electron chi connectivity index (χ2n) is 4.17. The molecule has 0 saturated carbocycles. The van der Waals surface area contributed by atoms with Crippen LogP contribution in [0, 0.1) is 17.1 Å². The summed E-state index contributed by atoms with van der Waals surface area (Å²) >= 11 is 0. The third kappa shape index (κ3) is 4.14. The number of nitriles is 1. The van der Waals surface area contributed by atoms with Crippen molar-refractivity contribution < 1.29 is 17.9 Å². The molecule has 1 N–H and O–H groups in total. The predicted octanol–water partition coefficient (Wildman–Crippen LogP) is 3.91. The lowest BCUT2D eigenvalue weighted by Gasteiger charge is -2.10. The van der Waals surface area contributed by atoms with Gasteiger partial charge in [-0.15, -0.1) is 0 Å². The molecule has 0 aliphatic carbocycles. The van der Waals surface area contributed by atoms with Crippen molar-refractivity contribution in [3.63, 3.8) is 0 Å². The van der Waals surface area contributed by atoms with Crippen LogP contribution in [-0.4, -0.2) is 6.61 Å². The average Bonchev–Trinajstić information content (AvgIpc) is 2.48. The number of alkyl halides is 2. The molecule has 0 aromatic heterocycles. The van der Waals surface area contributed by atoms with Crippen molar-refractivity contribution >= 4 is 5.69 Å². The van der Waals surface area contributed by atoms with Crippen LogP contribution in [0.5, 0.6) is 5.75 Å². The van der Waals surface area contributed by atoms with Crippen LogP contribution in [0.25, 0.3) is 0 Å². The highest BCUT2D eigenvalue weighted by Crippen LogP contribution is 2.20. The van der Waals surface area contributed by atoms with Gasteiger partial charge in [-0.2, -0.15) is 14.0 Å². The normalized spacial score (nSPS) is 10.2. The number of nitrogens with one attached hydrogen (secondary N) is 1. The summed E-state index contributed by atoms with van der Waals surface area (Å²) in [4.78, 5) is 0. The summed E-state index contributed by atoms with van der Waals surface area (Å²) in [6.07, 6.45) is 0. The van der Waals surface area contributed by atoms with Crippen LogP contribution in [0.15, 0.2) is 42.5 Å². The lowest BCUT2D eigenvalue weighted by Crippen LogP contribution is -2.05. The first-order valence-corrected chi connectivity index (χ1v) is 6.06. The highest BCUT2D eigenvalue weighted by atomic mass is 19.3. The number of halogens is 3. The Morgan fingerprint density at radius 2 is 1.86 bits per heavy atom. The standard InChI is InChI=1S/C15H11F3N2O/c16-14-6-5-13(21-15(17)18)7-11(14)9-20-12-3-1-10(8-19)2-4-12/h1-7,15,20H,9H2. The van der Waals surface area contributed by atoms with E-state index in [9.17, 15) is 13.2 Å². The molecule has 108 valence electrons. The zero-order chi connectivity index (χ0) is 15.2. The molecule has 0 fully saturated rings. The zero-order valence-electron chi connectivity index (χ0n) is 10.8. The van der Waals surface area contributed by atoms with E-state index < -0.39 is 12.4 Å². The van der Waals surface area contributed by atoms with Gasteiger partial charge in [0.05, 0.1) is 11.6 Å². The molecule has 0 atom stereocenters. The van der Waals surface area contributed by atoms with Crippen LogP contribution in [0.3, 0.4) is 0 Å². The monoisotopic (exact) mass is 292 g/mol. The van der Waals surface area contributed by atoms with Crippen molar-refractivity contribution in [3.05, 3.63) is 59.4 Å². The van der Waals surface area contributed by atoms with Crippen LogP contribution in [0.1, 0.15) is 11.1 Å². The number of hydrogen-bond acceptors (Lipinski definition) is 3. The molecule has 0 saturated heterocycles. The van der Waals surface area contributed by atoms with Crippen molar-refractivity contribution in [1.82, 2.24) is 0 Å². The van der Waals surface area contributed by atoms with Gasteiger partial charge in [0.25, 0.3) is 0 Å². The molecular weight excluding hydrogens is 281 g/mol. The molecule has 2 aromatic carbocycles. The van der Waals surface area contributed by atoms with Gasteiger partial charge in [-0.1, -0.05) is 0 Å². The molecule has 2 rings (SSSR count). The summed E-state index contributed by atoms with van der Waals surface area (Å²) in [6, 6.07) is 12.0. The fraction of sp³-hybridized carbons (Fsp3) is 0.133. The number of ether oxygens (including phenoxy) is 1. The van der Waals surface area contributed by atoms with E-state index in [1.165, 1.54) is 6.07 Å². The van der Waals surface area contributed by atoms with E-state index in [0.29, 0.717) is 11.3 Å². The average molecular weight is 292 g/mol. The van der Waals surface area contributed by atoms with E-state index in [1.807, 2.05) is 6.07 Å². The van der Waals surface area contributed by atoms with Crippen LogP contribution < -0.4 is 10.1 Å². The summed E-state index contributed by atoms with van der Waals surface area (Å²) in [5, 5.41) is 11.6. The predicted molar refractivity (Wildman–Crippen MR) is 71.5 cm³/mol. The molecule has 6 heteroatoms. The maximum absolute atomic E-state index is 13.6. The van der Waals surface area contributed by atoms with Gasteiger partial charge in [0.1, 0.15) is 11.6 Å². The lowest BCUT2D eigenvalue weighted by atomic mass is 10.2. The minimum absolute atomic E-state index is 0.0944. The van der Waals surface area contributed by atoms with E-state index in [-0.39, 0.29) is 17.9 Å². The molecule has 0 bridgehead atoms. The third-order valence-electron chi connectivity index (χ3n) is 2.74. The van der Waals surface area contributed by atoms with E-state index in [4.69, 9.17) is 5.26 Å². The van der Waals surface area contributed by atoms with Crippen LogP contribution >= 0.6 is 0 Å². The van der Waals surface area contributed by atoms with E-state index in [1.54, 1.807) is 24.3 Å². The van der Waals surface area contributed by atoms with Crippen molar-refractivity contribution in [2.75, 3.05) is 5.32 Å². The lowest BCUT2D eigenvalue weighted by molar-refractivity contribution is -0.0499. The summed E-state index contributed by atoms with van der Waals surface area (Å²) in [7, 11) is 0. The Balaban J connectivity index is 2.06. The molecule has 0 amide bonds. The Morgan fingerprint density at radius 1 is 1.14 bits per heavy atom. The zero-order valence-corrected chi connectivity index (χ0v) is 10.8. The Morgan fingerprint density at radius 3 is 2.48 bits per heavy atom. The van der Waals surface area contributed by atoms with Crippen molar-refractivity contribution in [2.24, 2.45) is 0 Å². The first-order chi connectivity index (χ1) is 10.1. The van der Waals surface area contributed by atoms with Gasteiger partial charge >= 0.3 is 6.61 Å². The molecule has 2 aromatic rings. The Labute approximate surface area is 119 Å². The second kappa shape index (κ2) is 6.66. The van der Waals surface area contributed by atoms with Crippen molar-refractivity contribution in [2.45, 2.75) is 13.2 Å². The summed E-state index contributed by atoms with van der Waals surface area (Å²) < 4.78 is 42.1. The van der Waals surface area contributed by atoms with Gasteiger partial charge in [0.2, 0.25) is 0 Å². The van der Waals surface area contributed by atoms with Crippen molar-refractivity contribution in [3.8, 4) is 11.8 Å². The van der Waals surface area contributed by atoms with Gasteiger partial charge in [-0.25, -0.2) is 4.39 Å². The molecule has 0 spiro atoms. The fourth-order valence-electron chi connectivity index (χ4n) is 1.72. The van der Waals surface area contributed by atoms with Gasteiger partial charge in [-0.05, 0) is 42.5 Å². The number of benzene rings is 2. The molecule has 3 nitrogen and oxygen atoms in total. The Hall–Kier alpha value is -2.68.